The molecule has 0 radical (unpaired) electrons. The largest absolute Gasteiger partial charge is 0.434 e. The van der Waals surface area contributed by atoms with Crippen LogP contribution in [0.3, 0.4) is 0 Å². The molecule has 0 amide bonds. The lowest BCUT2D eigenvalue weighted by molar-refractivity contribution is 0.0991. The Morgan fingerprint density at radius 1 is 1.00 bits per heavy atom. The zero-order valence-electron chi connectivity index (χ0n) is 21.8. The van der Waals surface area contributed by atoms with Crippen LogP contribution in [-0.2, 0) is 13.5 Å². The highest BCUT2D eigenvalue weighted by Gasteiger charge is 2.23. The van der Waals surface area contributed by atoms with Crippen molar-refractivity contribution in [1.29, 1.82) is 0 Å². The molecule has 0 saturated carbocycles. The van der Waals surface area contributed by atoms with Crippen molar-refractivity contribution in [2.75, 3.05) is 0 Å². The molecule has 6 rings (SSSR count). The van der Waals surface area contributed by atoms with Gasteiger partial charge in [-0.2, -0.15) is 10.1 Å². The molecule has 12 heteroatoms. The summed E-state index contributed by atoms with van der Waals surface area (Å²) in [5, 5.41) is 4.18. The molecule has 0 N–H and O–H groups in total. The van der Waals surface area contributed by atoms with Crippen LogP contribution in [0, 0.1) is 18.6 Å². The van der Waals surface area contributed by atoms with Crippen LogP contribution in [0.25, 0.3) is 22.3 Å². The number of carbonyl (C=O) groups is 1. The average molecular weight is 554 g/mol. The maximum absolute atomic E-state index is 15.2. The molecule has 0 spiro atoms. The minimum absolute atomic E-state index is 0.0217. The second kappa shape index (κ2) is 10.2. The molecule has 10 nitrogen and oxygen atoms in total. The number of ketones is 1. The fraction of sp³-hybridized carbons (Fsp3) is 0.103. The maximum atomic E-state index is 15.2. The second-order valence-electron chi connectivity index (χ2n) is 9.26. The topological polar surface area (TPSA) is 109 Å². The number of fused-ring (bicyclic) bond motifs is 1. The first kappa shape index (κ1) is 25.7. The Morgan fingerprint density at radius 3 is 2.49 bits per heavy atom. The quantitative estimate of drug-likeness (QED) is 0.268. The summed E-state index contributed by atoms with van der Waals surface area (Å²) in [6.07, 6.45) is 7.47. The van der Waals surface area contributed by atoms with Crippen molar-refractivity contribution in [3.63, 3.8) is 0 Å². The van der Waals surface area contributed by atoms with Gasteiger partial charge in [0.15, 0.2) is 17.3 Å². The molecule has 0 fully saturated rings. The van der Waals surface area contributed by atoms with Gasteiger partial charge in [-0.1, -0.05) is 6.07 Å². The van der Waals surface area contributed by atoms with Gasteiger partial charge in [0, 0.05) is 48.9 Å². The number of ether oxygens (including phenoxy) is 1. The van der Waals surface area contributed by atoms with Gasteiger partial charge in [-0.05, 0) is 55.0 Å². The molecule has 0 aliphatic rings. The lowest BCUT2D eigenvalue weighted by atomic mass is 10.0. The van der Waals surface area contributed by atoms with Crippen molar-refractivity contribution in [2.45, 2.75) is 13.3 Å². The van der Waals surface area contributed by atoms with E-state index in [-0.39, 0.29) is 23.6 Å². The monoisotopic (exact) mass is 553 g/mol. The summed E-state index contributed by atoms with van der Waals surface area (Å²) in [4.78, 5) is 38.7. The smallest absolute Gasteiger partial charge is 0.282 e. The highest BCUT2D eigenvalue weighted by Crippen LogP contribution is 2.33. The van der Waals surface area contributed by atoms with Crippen LogP contribution >= 0.6 is 0 Å². The van der Waals surface area contributed by atoms with Crippen LogP contribution in [0.15, 0.2) is 84.6 Å². The van der Waals surface area contributed by atoms with Crippen LogP contribution in [0.4, 0.5) is 8.78 Å². The second-order valence-corrected chi connectivity index (χ2v) is 9.26. The van der Waals surface area contributed by atoms with Gasteiger partial charge >= 0.3 is 0 Å². The molecular weight excluding hydrogens is 532 g/mol. The number of hydrogen-bond acceptors (Lipinski definition) is 7. The Balaban J connectivity index is 1.27. The molecular formula is C29H21F2N7O3. The van der Waals surface area contributed by atoms with Crippen molar-refractivity contribution in [3.8, 4) is 28.4 Å². The Bertz CT molecular complexity index is 1980. The molecule has 6 aromatic rings. The minimum Gasteiger partial charge on any atom is -0.434 e. The molecule has 2 aromatic carbocycles. The molecule has 0 bridgehead atoms. The van der Waals surface area contributed by atoms with Gasteiger partial charge in [0.2, 0.25) is 5.88 Å². The maximum Gasteiger partial charge on any atom is 0.282 e. The van der Waals surface area contributed by atoms with E-state index in [1.807, 2.05) is 0 Å². The molecule has 41 heavy (non-hydrogen) atoms. The van der Waals surface area contributed by atoms with E-state index in [2.05, 4.69) is 20.1 Å². The summed E-state index contributed by atoms with van der Waals surface area (Å²) < 4.78 is 38.8. The SMILES string of the molecule is Cc1c(C(=O)Cc2ccc(Oc3ncnn4ccc(-c5cncnc5)c34)c(F)c2)c(=O)n(-c2ccc(F)cc2)n1C. The van der Waals surface area contributed by atoms with Gasteiger partial charge in [0.1, 0.15) is 29.6 Å². The summed E-state index contributed by atoms with van der Waals surface area (Å²) in [5.74, 6) is -1.61. The first-order valence-electron chi connectivity index (χ1n) is 12.4. The van der Waals surface area contributed by atoms with Crippen molar-refractivity contribution in [2.24, 2.45) is 7.05 Å². The van der Waals surface area contributed by atoms with Gasteiger partial charge in [-0.15, -0.1) is 0 Å². The van der Waals surface area contributed by atoms with E-state index in [0.29, 0.717) is 33.6 Å². The number of hydrogen-bond donors (Lipinski definition) is 0. The first-order valence-corrected chi connectivity index (χ1v) is 12.4. The highest BCUT2D eigenvalue weighted by molar-refractivity contribution is 5.98. The van der Waals surface area contributed by atoms with Crippen molar-refractivity contribution in [1.82, 2.24) is 33.9 Å². The van der Waals surface area contributed by atoms with Gasteiger partial charge in [-0.3, -0.25) is 14.3 Å². The van der Waals surface area contributed by atoms with Gasteiger partial charge in [0.25, 0.3) is 5.56 Å². The number of benzene rings is 2. The van der Waals surface area contributed by atoms with Gasteiger partial charge in [-0.25, -0.2) is 27.9 Å². The summed E-state index contributed by atoms with van der Waals surface area (Å²) in [5.41, 5.74) is 2.55. The third-order valence-corrected chi connectivity index (χ3v) is 6.76. The third kappa shape index (κ3) is 4.65. The molecule has 0 saturated heterocycles. The van der Waals surface area contributed by atoms with E-state index < -0.39 is 23.0 Å². The molecule has 0 aliphatic carbocycles. The minimum atomic E-state index is -0.711. The summed E-state index contributed by atoms with van der Waals surface area (Å²) in [7, 11) is 1.63. The number of carbonyl (C=O) groups excluding carboxylic acids is 1. The van der Waals surface area contributed by atoms with Crippen LogP contribution in [-0.4, -0.2) is 39.7 Å². The van der Waals surface area contributed by atoms with E-state index in [1.54, 1.807) is 49.2 Å². The highest BCUT2D eigenvalue weighted by atomic mass is 19.1. The lowest BCUT2D eigenvalue weighted by Crippen LogP contribution is -2.23. The molecule has 0 unspecified atom stereocenters. The molecule has 0 aliphatic heterocycles. The van der Waals surface area contributed by atoms with E-state index >= 15 is 4.39 Å². The predicted molar refractivity (Wildman–Crippen MR) is 144 cm³/mol. The zero-order valence-corrected chi connectivity index (χ0v) is 21.8. The first-order chi connectivity index (χ1) is 19.8. The van der Waals surface area contributed by atoms with Gasteiger partial charge in [0.05, 0.1) is 5.69 Å². The predicted octanol–water partition coefficient (Wildman–Crippen LogP) is 4.48. The normalized spacial score (nSPS) is 11.2. The van der Waals surface area contributed by atoms with E-state index in [4.69, 9.17) is 4.74 Å². The Hall–Kier alpha value is -5.52. The zero-order chi connectivity index (χ0) is 28.7. The number of Topliss-reactive ketones (excluding diaryl/α,β-unsaturated/α-hetero) is 1. The summed E-state index contributed by atoms with van der Waals surface area (Å²) in [6, 6.07) is 11.3. The molecule has 204 valence electrons. The Kier molecular flexibility index (Phi) is 6.42. The molecule has 4 aromatic heterocycles. The Labute approximate surface area is 231 Å². The number of rotatable bonds is 7. The van der Waals surface area contributed by atoms with Gasteiger partial charge < -0.3 is 4.74 Å². The number of halogens is 2. The fourth-order valence-corrected chi connectivity index (χ4v) is 4.69. The summed E-state index contributed by atoms with van der Waals surface area (Å²) >= 11 is 0. The van der Waals surface area contributed by atoms with Crippen LogP contribution in [0.1, 0.15) is 21.6 Å². The molecule has 4 heterocycles. The summed E-state index contributed by atoms with van der Waals surface area (Å²) in [6.45, 7) is 1.64. The molecule has 0 atom stereocenters. The van der Waals surface area contributed by atoms with Crippen LogP contribution in [0.5, 0.6) is 11.6 Å². The standard InChI is InChI=1S/C29H21F2N7O3/c1-17-26(29(40)38(36(17)2)21-6-4-20(30)5-7-21)24(39)12-18-3-8-25(23(31)11-18)41-28-27-22(19-13-32-15-33-14-19)9-10-37(27)35-16-34-28/h3-11,13-16H,12H2,1-2H3. The third-order valence-electron chi connectivity index (χ3n) is 6.76. The van der Waals surface area contributed by atoms with Crippen molar-refractivity contribution >= 4 is 11.3 Å². The van der Waals surface area contributed by atoms with Crippen molar-refractivity contribution < 1.29 is 18.3 Å². The lowest BCUT2D eigenvalue weighted by Gasteiger charge is -2.10. The fourth-order valence-electron chi connectivity index (χ4n) is 4.69. The van der Waals surface area contributed by atoms with E-state index in [0.717, 1.165) is 0 Å². The average Bonchev–Trinajstić information content (AvgIpc) is 3.50. The number of aromatic nitrogens is 7. The Morgan fingerprint density at radius 2 is 1.76 bits per heavy atom. The van der Waals surface area contributed by atoms with E-state index in [9.17, 15) is 14.0 Å². The van der Waals surface area contributed by atoms with E-state index in [1.165, 1.54) is 58.4 Å². The van der Waals surface area contributed by atoms with Crippen molar-refractivity contribution in [3.05, 3.63) is 119 Å². The van der Waals surface area contributed by atoms with Crippen LogP contribution in [0.2, 0.25) is 0 Å². The number of nitrogens with zero attached hydrogens (tertiary/aromatic N) is 7. The van der Waals surface area contributed by atoms with Crippen LogP contribution < -0.4 is 10.3 Å².